The lowest BCUT2D eigenvalue weighted by molar-refractivity contribution is -0.137. The first-order chi connectivity index (χ1) is 18.7. The number of ether oxygens (including phenoxy) is 2. The van der Waals surface area contributed by atoms with Crippen molar-refractivity contribution >= 4 is 34.8 Å². The number of nitrogens with one attached hydrogen (secondary N) is 1. The molecule has 2 atom stereocenters. The van der Waals surface area contributed by atoms with Crippen LogP contribution in [-0.4, -0.2) is 55.0 Å². The lowest BCUT2D eigenvalue weighted by Crippen LogP contribution is -2.48. The maximum Gasteiger partial charge on any atom is 0.416 e. The van der Waals surface area contributed by atoms with E-state index in [4.69, 9.17) is 21.1 Å². The smallest absolute Gasteiger partial charge is 0.416 e. The fraction of sp³-hybridized carbons (Fsp3) is 0.370. The van der Waals surface area contributed by atoms with Crippen molar-refractivity contribution in [1.29, 1.82) is 0 Å². The molecule has 2 aliphatic heterocycles. The Morgan fingerprint density at radius 1 is 1.26 bits per heavy atom. The zero-order valence-corrected chi connectivity index (χ0v) is 22.1. The number of carbonyl (C=O) groups excluding carboxylic acids is 1. The highest BCUT2D eigenvalue weighted by Crippen LogP contribution is 2.43. The Bertz CT molecular complexity index is 1350. The van der Waals surface area contributed by atoms with Crippen molar-refractivity contribution in [2.24, 2.45) is 0 Å². The second-order valence-electron chi connectivity index (χ2n) is 9.39. The predicted octanol–water partition coefficient (Wildman–Crippen LogP) is 6.25. The molecule has 12 heteroatoms. The molecule has 206 valence electrons. The maximum atomic E-state index is 13.5. The number of urea groups is 1. The van der Waals surface area contributed by atoms with E-state index < -0.39 is 17.8 Å². The number of benzene rings is 1. The Kier molecular flexibility index (Phi) is 7.55. The SMILES string of the molecule is CC[C@@H](COc1ccc(NC(=O)N2c3nc(-c4cccc(C(F)(F)F)c4)c(Cl)cc3N3CC[C@H]2C3)cn1)OC. The summed E-state index contributed by atoms with van der Waals surface area (Å²) in [4.78, 5) is 26.0. The Morgan fingerprint density at radius 2 is 2.08 bits per heavy atom. The lowest BCUT2D eigenvalue weighted by Gasteiger charge is -2.36. The molecule has 1 fully saturated rings. The fourth-order valence-electron chi connectivity index (χ4n) is 4.79. The van der Waals surface area contributed by atoms with Crippen molar-refractivity contribution in [2.75, 3.05) is 41.9 Å². The van der Waals surface area contributed by atoms with Gasteiger partial charge in [0.15, 0.2) is 5.82 Å². The summed E-state index contributed by atoms with van der Waals surface area (Å²) in [5.74, 6) is 0.747. The standard InChI is InChI=1S/C27H27ClF3N5O3/c1-3-20(38-2)15-39-23-8-7-18(13-32-23)33-26(37)36-19-9-10-35(14-19)22-12-21(28)24(34-25(22)36)16-5-4-6-17(11-16)27(29,30)31/h4-8,11-13,19-20H,3,9-10,14-15H2,1-2H3,(H,33,37)/t19-,20-/m0/s1. The van der Waals surface area contributed by atoms with Crippen molar-refractivity contribution in [3.8, 4) is 17.1 Å². The number of hydrogen-bond donors (Lipinski definition) is 1. The first kappa shape index (κ1) is 27.0. The molecule has 1 saturated heterocycles. The van der Waals surface area contributed by atoms with Gasteiger partial charge >= 0.3 is 12.2 Å². The minimum Gasteiger partial charge on any atom is -0.475 e. The summed E-state index contributed by atoms with van der Waals surface area (Å²) < 4.78 is 51.0. The molecule has 2 amide bonds. The van der Waals surface area contributed by atoms with Gasteiger partial charge in [-0.2, -0.15) is 13.2 Å². The summed E-state index contributed by atoms with van der Waals surface area (Å²) in [5, 5.41) is 3.06. The van der Waals surface area contributed by atoms with Crippen LogP contribution < -0.4 is 19.9 Å². The number of rotatable bonds is 7. The number of fused-ring (bicyclic) bond motifs is 4. The molecule has 0 radical (unpaired) electrons. The fourth-order valence-corrected chi connectivity index (χ4v) is 5.04. The second kappa shape index (κ2) is 10.9. The van der Waals surface area contributed by atoms with Crippen LogP contribution in [0.5, 0.6) is 5.88 Å². The van der Waals surface area contributed by atoms with E-state index >= 15 is 0 Å². The van der Waals surface area contributed by atoms with Crippen LogP contribution >= 0.6 is 11.6 Å². The zero-order chi connectivity index (χ0) is 27.7. The van der Waals surface area contributed by atoms with E-state index in [0.717, 1.165) is 18.6 Å². The highest BCUT2D eigenvalue weighted by molar-refractivity contribution is 6.33. The van der Waals surface area contributed by atoms with E-state index in [1.807, 2.05) is 6.92 Å². The molecular weight excluding hydrogens is 535 g/mol. The van der Waals surface area contributed by atoms with Crippen molar-refractivity contribution in [1.82, 2.24) is 9.97 Å². The molecule has 1 aromatic carbocycles. The van der Waals surface area contributed by atoms with Crippen LogP contribution in [0.2, 0.25) is 5.02 Å². The van der Waals surface area contributed by atoms with E-state index in [9.17, 15) is 18.0 Å². The van der Waals surface area contributed by atoms with Crippen LogP contribution in [-0.2, 0) is 10.9 Å². The number of methoxy groups -OCH3 is 1. The van der Waals surface area contributed by atoms with Gasteiger partial charge in [-0.05, 0) is 37.1 Å². The van der Waals surface area contributed by atoms with E-state index in [-0.39, 0.29) is 28.4 Å². The zero-order valence-electron chi connectivity index (χ0n) is 21.3. The van der Waals surface area contributed by atoms with Crippen molar-refractivity contribution < 1.29 is 27.4 Å². The molecule has 0 spiro atoms. The second-order valence-corrected chi connectivity index (χ2v) is 9.80. The summed E-state index contributed by atoms with van der Waals surface area (Å²) >= 11 is 6.52. The van der Waals surface area contributed by atoms with E-state index in [1.54, 1.807) is 30.2 Å². The number of hydrogen-bond acceptors (Lipinski definition) is 6. The highest BCUT2D eigenvalue weighted by Gasteiger charge is 2.41. The number of halogens is 4. The number of aromatic nitrogens is 2. The molecule has 5 rings (SSSR count). The molecule has 4 heterocycles. The number of nitrogens with zero attached hydrogens (tertiary/aromatic N) is 4. The van der Waals surface area contributed by atoms with Gasteiger partial charge in [-0.1, -0.05) is 30.7 Å². The van der Waals surface area contributed by atoms with Crippen LogP contribution in [0.3, 0.4) is 0 Å². The topological polar surface area (TPSA) is 79.8 Å². The summed E-state index contributed by atoms with van der Waals surface area (Å²) in [6.45, 7) is 3.66. The molecule has 1 N–H and O–H groups in total. The van der Waals surface area contributed by atoms with Gasteiger partial charge in [0.25, 0.3) is 0 Å². The van der Waals surface area contributed by atoms with Gasteiger partial charge in [0, 0.05) is 31.8 Å². The average molecular weight is 562 g/mol. The summed E-state index contributed by atoms with van der Waals surface area (Å²) in [6, 6.07) is 9.25. The van der Waals surface area contributed by atoms with Crippen LogP contribution in [0.4, 0.5) is 35.2 Å². The minimum absolute atomic E-state index is 0.0434. The molecule has 3 aromatic rings. The monoisotopic (exact) mass is 561 g/mol. The van der Waals surface area contributed by atoms with Gasteiger partial charge in [-0.25, -0.2) is 14.8 Å². The Balaban J connectivity index is 1.41. The Labute approximate surface area is 228 Å². The molecule has 8 nitrogen and oxygen atoms in total. The third kappa shape index (κ3) is 5.60. The number of alkyl halides is 3. The first-order valence-corrected chi connectivity index (χ1v) is 12.9. The average Bonchev–Trinajstić information content (AvgIpc) is 3.34. The van der Waals surface area contributed by atoms with E-state index in [2.05, 4.69) is 20.2 Å². The number of anilines is 3. The van der Waals surface area contributed by atoms with Crippen molar-refractivity contribution in [3.05, 3.63) is 59.2 Å². The van der Waals surface area contributed by atoms with Gasteiger partial charge in [0.2, 0.25) is 5.88 Å². The Morgan fingerprint density at radius 3 is 2.77 bits per heavy atom. The number of amides is 2. The van der Waals surface area contributed by atoms with Crippen LogP contribution in [0.1, 0.15) is 25.3 Å². The number of carbonyl (C=O) groups is 1. The van der Waals surface area contributed by atoms with Gasteiger partial charge in [-0.3, -0.25) is 4.90 Å². The lowest BCUT2D eigenvalue weighted by atomic mass is 10.1. The number of pyridine rings is 2. The highest BCUT2D eigenvalue weighted by atomic mass is 35.5. The van der Waals surface area contributed by atoms with Crippen molar-refractivity contribution in [3.63, 3.8) is 0 Å². The van der Waals surface area contributed by atoms with Gasteiger partial charge in [0.1, 0.15) is 6.61 Å². The van der Waals surface area contributed by atoms with Gasteiger partial charge in [-0.15, -0.1) is 0 Å². The Hall–Kier alpha value is -3.57. The minimum atomic E-state index is -4.51. The quantitative estimate of drug-likeness (QED) is 0.367. The molecule has 2 bridgehead atoms. The maximum absolute atomic E-state index is 13.5. The van der Waals surface area contributed by atoms with E-state index in [1.165, 1.54) is 18.3 Å². The van der Waals surface area contributed by atoms with Crippen LogP contribution in [0, 0.1) is 0 Å². The molecule has 0 unspecified atom stereocenters. The van der Waals surface area contributed by atoms with E-state index in [0.29, 0.717) is 49.2 Å². The van der Waals surface area contributed by atoms with Crippen LogP contribution in [0.15, 0.2) is 48.7 Å². The summed E-state index contributed by atoms with van der Waals surface area (Å²) in [5.41, 5.74) is 0.697. The molecule has 39 heavy (non-hydrogen) atoms. The van der Waals surface area contributed by atoms with Crippen LogP contribution in [0.25, 0.3) is 11.3 Å². The van der Waals surface area contributed by atoms with Gasteiger partial charge < -0.3 is 19.7 Å². The molecular formula is C27H27ClF3N5O3. The molecule has 2 aliphatic rings. The summed E-state index contributed by atoms with van der Waals surface area (Å²) in [6.07, 6.45) is -1.54. The normalized spacial score (nSPS) is 17.1. The third-order valence-corrected chi connectivity index (χ3v) is 7.20. The molecule has 0 aliphatic carbocycles. The largest absolute Gasteiger partial charge is 0.475 e. The third-order valence-electron chi connectivity index (χ3n) is 6.91. The summed E-state index contributed by atoms with van der Waals surface area (Å²) in [7, 11) is 1.62. The molecule has 0 saturated carbocycles. The predicted molar refractivity (Wildman–Crippen MR) is 143 cm³/mol. The van der Waals surface area contributed by atoms with Gasteiger partial charge in [0.05, 0.1) is 46.0 Å². The molecule has 2 aromatic heterocycles. The van der Waals surface area contributed by atoms with Crippen molar-refractivity contribution in [2.45, 2.75) is 38.1 Å². The first-order valence-electron chi connectivity index (χ1n) is 12.5.